The highest BCUT2D eigenvalue weighted by Crippen LogP contribution is 2.17. The lowest BCUT2D eigenvalue weighted by atomic mass is 9.93. The zero-order chi connectivity index (χ0) is 8.91. The van der Waals surface area contributed by atoms with Gasteiger partial charge in [-0.05, 0) is 13.3 Å². The number of rotatable bonds is 5. The third-order valence-electron chi connectivity index (χ3n) is 1.76. The number of carbonyl (C=O) groups excluding carboxylic acids is 1. The van der Waals surface area contributed by atoms with Gasteiger partial charge in [-0.3, -0.25) is 4.79 Å². The van der Waals surface area contributed by atoms with Crippen LogP contribution in [0.25, 0.3) is 0 Å². The first-order valence-electron chi connectivity index (χ1n) is 4.26. The average Bonchev–Trinajstić information content (AvgIpc) is 1.86. The maximum Gasteiger partial charge on any atom is 0.135 e. The predicted octanol–water partition coefficient (Wildman–Crippen LogP) is 1.91. The molecule has 0 aliphatic heterocycles. The lowest BCUT2D eigenvalue weighted by molar-refractivity contribution is -0.123. The minimum absolute atomic E-state index is 0.142. The molecule has 2 nitrogen and oxygen atoms in total. The van der Waals surface area contributed by atoms with E-state index in [1.54, 1.807) is 6.92 Å². The van der Waals surface area contributed by atoms with Gasteiger partial charge in [0.2, 0.25) is 0 Å². The number of hydrogen-bond acceptors (Lipinski definition) is 2. The molecule has 0 saturated carbocycles. The molecule has 11 heavy (non-hydrogen) atoms. The highest BCUT2D eigenvalue weighted by Gasteiger charge is 2.21. The van der Waals surface area contributed by atoms with Crippen molar-refractivity contribution in [1.29, 1.82) is 0 Å². The third-order valence-corrected chi connectivity index (χ3v) is 1.76. The highest BCUT2D eigenvalue weighted by atomic mass is 16.3. The van der Waals surface area contributed by atoms with E-state index in [4.69, 9.17) is 0 Å². The summed E-state index contributed by atoms with van der Waals surface area (Å²) in [5.74, 6) is 0.142. The Balaban J connectivity index is 3.80. The second kappa shape index (κ2) is 4.50. The summed E-state index contributed by atoms with van der Waals surface area (Å²) in [6, 6.07) is 0. The smallest absolute Gasteiger partial charge is 0.135 e. The first-order valence-corrected chi connectivity index (χ1v) is 4.26. The Labute approximate surface area is 68.6 Å². The molecule has 0 aliphatic rings. The zero-order valence-electron chi connectivity index (χ0n) is 7.68. The van der Waals surface area contributed by atoms with E-state index in [-0.39, 0.29) is 5.78 Å². The quantitative estimate of drug-likeness (QED) is 0.663. The van der Waals surface area contributed by atoms with Crippen LogP contribution in [0.2, 0.25) is 0 Å². The third kappa shape index (κ3) is 4.96. The van der Waals surface area contributed by atoms with E-state index in [1.807, 2.05) is 13.8 Å². The molecule has 0 fully saturated rings. The lowest BCUT2D eigenvalue weighted by Gasteiger charge is -2.20. The van der Waals surface area contributed by atoms with Crippen molar-refractivity contribution in [1.82, 2.24) is 0 Å². The van der Waals surface area contributed by atoms with Crippen LogP contribution in [0.4, 0.5) is 0 Å². The summed E-state index contributed by atoms with van der Waals surface area (Å²) in [6.07, 6.45) is 2.46. The second-order valence-electron chi connectivity index (χ2n) is 3.32. The predicted molar refractivity (Wildman–Crippen MR) is 45.4 cm³/mol. The van der Waals surface area contributed by atoms with Gasteiger partial charge in [-0.15, -0.1) is 0 Å². The Morgan fingerprint density at radius 3 is 2.36 bits per heavy atom. The number of ketones is 1. The molecule has 66 valence electrons. The van der Waals surface area contributed by atoms with E-state index in [2.05, 4.69) is 0 Å². The van der Waals surface area contributed by atoms with Gasteiger partial charge in [-0.25, -0.2) is 0 Å². The topological polar surface area (TPSA) is 37.3 Å². The Morgan fingerprint density at radius 1 is 1.45 bits per heavy atom. The van der Waals surface area contributed by atoms with Crippen molar-refractivity contribution >= 4 is 5.78 Å². The van der Waals surface area contributed by atoms with E-state index < -0.39 is 5.60 Å². The van der Waals surface area contributed by atoms with E-state index in [0.29, 0.717) is 19.3 Å². The minimum atomic E-state index is -0.776. The molecule has 0 heterocycles. The van der Waals surface area contributed by atoms with Crippen LogP contribution >= 0.6 is 0 Å². The first-order chi connectivity index (χ1) is 5.02. The molecule has 0 aromatic carbocycles. The standard InChI is InChI=1S/C9H18O2/c1-4-6-9(3,11)7-8(10)5-2/h11H,4-7H2,1-3H3. The first kappa shape index (κ1) is 10.6. The summed E-state index contributed by atoms with van der Waals surface area (Å²) in [6.45, 7) is 5.55. The lowest BCUT2D eigenvalue weighted by Crippen LogP contribution is -2.27. The number of carbonyl (C=O) groups is 1. The summed E-state index contributed by atoms with van der Waals surface area (Å²) in [5, 5.41) is 9.60. The molecule has 0 amide bonds. The molecule has 0 radical (unpaired) electrons. The van der Waals surface area contributed by atoms with E-state index in [9.17, 15) is 9.90 Å². The Kier molecular flexibility index (Phi) is 4.34. The molecular weight excluding hydrogens is 140 g/mol. The Morgan fingerprint density at radius 2 is 2.00 bits per heavy atom. The molecule has 0 saturated heterocycles. The minimum Gasteiger partial charge on any atom is -0.390 e. The second-order valence-corrected chi connectivity index (χ2v) is 3.32. The van der Waals surface area contributed by atoms with Gasteiger partial charge in [0.05, 0.1) is 5.60 Å². The van der Waals surface area contributed by atoms with Crippen LogP contribution in [0.5, 0.6) is 0 Å². The van der Waals surface area contributed by atoms with Crippen molar-refractivity contribution in [3.63, 3.8) is 0 Å². The fraction of sp³-hybridized carbons (Fsp3) is 0.889. The van der Waals surface area contributed by atoms with Crippen LogP contribution in [-0.4, -0.2) is 16.5 Å². The number of Topliss-reactive ketones (excluding diaryl/α,β-unsaturated/α-hetero) is 1. The highest BCUT2D eigenvalue weighted by molar-refractivity contribution is 5.78. The molecule has 2 heteroatoms. The van der Waals surface area contributed by atoms with Crippen LogP contribution in [0, 0.1) is 0 Å². The van der Waals surface area contributed by atoms with Crippen LogP contribution < -0.4 is 0 Å². The van der Waals surface area contributed by atoms with E-state index in [0.717, 1.165) is 6.42 Å². The van der Waals surface area contributed by atoms with Crippen LogP contribution in [-0.2, 0) is 4.79 Å². The summed E-state index contributed by atoms with van der Waals surface area (Å²) >= 11 is 0. The molecule has 0 bridgehead atoms. The van der Waals surface area contributed by atoms with Crippen molar-refractivity contribution in [2.75, 3.05) is 0 Å². The maximum atomic E-state index is 10.9. The molecule has 1 unspecified atom stereocenters. The van der Waals surface area contributed by atoms with Crippen LogP contribution in [0.15, 0.2) is 0 Å². The van der Waals surface area contributed by atoms with Crippen molar-refractivity contribution < 1.29 is 9.90 Å². The van der Waals surface area contributed by atoms with E-state index in [1.165, 1.54) is 0 Å². The molecule has 0 aromatic heterocycles. The summed E-state index contributed by atoms with van der Waals surface area (Å²) in [7, 11) is 0. The van der Waals surface area contributed by atoms with Gasteiger partial charge in [0.25, 0.3) is 0 Å². The van der Waals surface area contributed by atoms with Gasteiger partial charge >= 0.3 is 0 Å². The molecule has 0 rings (SSSR count). The van der Waals surface area contributed by atoms with Crippen molar-refractivity contribution in [2.45, 2.75) is 52.1 Å². The summed E-state index contributed by atoms with van der Waals surface area (Å²) in [5.41, 5.74) is -0.776. The van der Waals surface area contributed by atoms with Crippen molar-refractivity contribution in [2.24, 2.45) is 0 Å². The SMILES string of the molecule is CCCC(C)(O)CC(=O)CC. The van der Waals surface area contributed by atoms with Gasteiger partial charge < -0.3 is 5.11 Å². The fourth-order valence-corrected chi connectivity index (χ4v) is 1.18. The van der Waals surface area contributed by atoms with Gasteiger partial charge in [-0.2, -0.15) is 0 Å². The normalized spacial score (nSPS) is 16.0. The van der Waals surface area contributed by atoms with Crippen molar-refractivity contribution in [3.8, 4) is 0 Å². The van der Waals surface area contributed by atoms with E-state index >= 15 is 0 Å². The van der Waals surface area contributed by atoms with Crippen LogP contribution in [0.3, 0.4) is 0 Å². The van der Waals surface area contributed by atoms with Crippen molar-refractivity contribution in [3.05, 3.63) is 0 Å². The molecule has 0 aromatic rings. The monoisotopic (exact) mass is 158 g/mol. The van der Waals surface area contributed by atoms with Gasteiger partial charge in [0.1, 0.15) is 5.78 Å². The Bertz CT molecular complexity index is 128. The average molecular weight is 158 g/mol. The maximum absolute atomic E-state index is 10.9. The van der Waals surface area contributed by atoms with Gasteiger partial charge in [0, 0.05) is 12.8 Å². The van der Waals surface area contributed by atoms with Crippen LogP contribution in [0.1, 0.15) is 46.5 Å². The van der Waals surface area contributed by atoms with Gasteiger partial charge in [-0.1, -0.05) is 20.3 Å². The van der Waals surface area contributed by atoms with Gasteiger partial charge in [0.15, 0.2) is 0 Å². The summed E-state index contributed by atoms with van der Waals surface area (Å²) in [4.78, 5) is 10.9. The Hall–Kier alpha value is -0.370. The zero-order valence-corrected chi connectivity index (χ0v) is 7.68. The number of aliphatic hydroxyl groups is 1. The fourth-order valence-electron chi connectivity index (χ4n) is 1.18. The molecule has 0 aliphatic carbocycles. The largest absolute Gasteiger partial charge is 0.390 e. The summed E-state index contributed by atoms with van der Waals surface area (Å²) < 4.78 is 0. The molecule has 1 N–H and O–H groups in total. The molecular formula is C9H18O2. The molecule has 1 atom stereocenters. The molecule has 0 spiro atoms. The number of hydrogen-bond donors (Lipinski definition) is 1.